The van der Waals surface area contributed by atoms with Crippen LogP contribution in [0, 0.1) is 0 Å². The molecular weight excluding hydrogens is 398 g/mol. The van der Waals surface area contributed by atoms with E-state index in [1.54, 1.807) is 31.2 Å². The van der Waals surface area contributed by atoms with Gasteiger partial charge in [-0.2, -0.15) is 0 Å². The first-order valence-corrected chi connectivity index (χ1v) is 9.22. The summed E-state index contributed by atoms with van der Waals surface area (Å²) in [5, 5.41) is 3.42. The van der Waals surface area contributed by atoms with Gasteiger partial charge in [-0.05, 0) is 31.2 Å². The van der Waals surface area contributed by atoms with Gasteiger partial charge in [0.1, 0.15) is 6.54 Å². The molecule has 2 aromatic carbocycles. The van der Waals surface area contributed by atoms with Crippen LogP contribution in [0.4, 0.5) is 5.69 Å². The Morgan fingerprint density at radius 3 is 2.38 bits per heavy atom. The molecule has 0 saturated carbocycles. The average molecular weight is 418 g/mol. The van der Waals surface area contributed by atoms with Crippen LogP contribution in [0.15, 0.2) is 46.0 Å². The van der Waals surface area contributed by atoms with Crippen LogP contribution >= 0.6 is 11.6 Å². The Labute approximate surface area is 171 Å². The number of hydrogen-bond donors (Lipinski definition) is 1. The van der Waals surface area contributed by atoms with Gasteiger partial charge in [0.05, 0.1) is 25.1 Å². The zero-order chi connectivity index (χ0) is 21.1. The molecule has 3 aromatic rings. The smallest absolute Gasteiger partial charge is 0.331 e. The molecule has 0 unspecified atom stereocenters. The molecule has 8 nitrogen and oxygen atoms in total. The second-order valence-corrected chi connectivity index (χ2v) is 6.64. The number of hydrogen-bond acceptors (Lipinski definition) is 5. The predicted molar refractivity (Wildman–Crippen MR) is 111 cm³/mol. The van der Waals surface area contributed by atoms with Crippen molar-refractivity contribution in [3.05, 3.63) is 62.3 Å². The number of fused-ring (bicyclic) bond motifs is 1. The first-order chi connectivity index (χ1) is 13.9. The van der Waals surface area contributed by atoms with Gasteiger partial charge >= 0.3 is 5.69 Å². The van der Waals surface area contributed by atoms with Crippen molar-refractivity contribution in [3.8, 4) is 11.5 Å². The van der Waals surface area contributed by atoms with E-state index >= 15 is 0 Å². The molecule has 152 valence electrons. The molecule has 0 aliphatic rings. The van der Waals surface area contributed by atoms with Gasteiger partial charge in [-0.3, -0.25) is 18.7 Å². The van der Waals surface area contributed by atoms with Crippen molar-refractivity contribution < 1.29 is 14.3 Å². The van der Waals surface area contributed by atoms with E-state index in [1.165, 1.54) is 30.9 Å². The number of aromatic nitrogens is 2. The number of carbonyl (C=O) groups is 1. The molecule has 0 saturated heterocycles. The van der Waals surface area contributed by atoms with Gasteiger partial charge in [0.2, 0.25) is 5.91 Å². The second-order valence-electron chi connectivity index (χ2n) is 6.20. The van der Waals surface area contributed by atoms with E-state index in [9.17, 15) is 14.4 Å². The Kier molecular flexibility index (Phi) is 5.93. The molecule has 0 bridgehead atoms. The topological polar surface area (TPSA) is 91.6 Å². The Balaban J connectivity index is 2.13. The quantitative estimate of drug-likeness (QED) is 0.665. The summed E-state index contributed by atoms with van der Waals surface area (Å²) in [5.74, 6) is 0.261. The number of nitrogens with one attached hydrogen (secondary N) is 1. The molecule has 0 fully saturated rings. The fourth-order valence-corrected chi connectivity index (χ4v) is 3.28. The van der Waals surface area contributed by atoms with Crippen molar-refractivity contribution in [2.75, 3.05) is 19.5 Å². The van der Waals surface area contributed by atoms with E-state index < -0.39 is 17.2 Å². The Bertz CT molecular complexity index is 1200. The summed E-state index contributed by atoms with van der Waals surface area (Å²) in [6.07, 6.45) is 0. The van der Waals surface area contributed by atoms with E-state index in [0.29, 0.717) is 22.2 Å². The molecule has 0 radical (unpaired) electrons. The van der Waals surface area contributed by atoms with Gasteiger partial charge in [-0.15, -0.1) is 0 Å². The van der Waals surface area contributed by atoms with Gasteiger partial charge < -0.3 is 14.8 Å². The van der Waals surface area contributed by atoms with E-state index in [-0.39, 0.29) is 24.0 Å². The van der Waals surface area contributed by atoms with E-state index in [1.807, 2.05) is 0 Å². The second kappa shape index (κ2) is 8.40. The molecule has 1 amide bonds. The summed E-state index contributed by atoms with van der Waals surface area (Å²) >= 11 is 5.94. The highest BCUT2D eigenvalue weighted by molar-refractivity contribution is 6.30. The van der Waals surface area contributed by atoms with Crippen LogP contribution in [0.2, 0.25) is 5.02 Å². The monoisotopic (exact) mass is 417 g/mol. The Morgan fingerprint density at radius 1 is 1.07 bits per heavy atom. The standard InChI is InChI=1S/C20H20ClN3O5/c1-4-23-19(26)14-9-16(28-2)17(29-3)10-15(14)24(20(23)27)11-18(25)22-13-7-5-6-12(21)8-13/h5-10H,4,11H2,1-3H3,(H,22,25). The summed E-state index contributed by atoms with van der Waals surface area (Å²) in [5.41, 5.74) is -0.259. The number of methoxy groups -OCH3 is 2. The maximum atomic E-state index is 12.9. The lowest BCUT2D eigenvalue weighted by molar-refractivity contribution is -0.116. The predicted octanol–water partition coefficient (Wildman–Crippen LogP) is 2.49. The normalized spacial score (nSPS) is 10.8. The number of benzene rings is 2. The molecule has 0 spiro atoms. The molecule has 3 rings (SSSR count). The maximum absolute atomic E-state index is 12.9. The zero-order valence-electron chi connectivity index (χ0n) is 16.2. The van der Waals surface area contributed by atoms with E-state index in [0.717, 1.165) is 4.57 Å². The molecule has 0 aliphatic heterocycles. The molecule has 1 heterocycles. The number of ether oxygens (including phenoxy) is 2. The van der Waals surface area contributed by atoms with Crippen molar-refractivity contribution in [2.24, 2.45) is 0 Å². The third kappa shape index (κ3) is 3.97. The minimum Gasteiger partial charge on any atom is -0.493 e. The van der Waals surface area contributed by atoms with Crippen molar-refractivity contribution >= 4 is 34.1 Å². The van der Waals surface area contributed by atoms with Crippen LogP contribution in [0.1, 0.15) is 6.92 Å². The van der Waals surface area contributed by atoms with Gasteiger partial charge in [-0.1, -0.05) is 17.7 Å². The van der Waals surface area contributed by atoms with Crippen molar-refractivity contribution in [1.29, 1.82) is 0 Å². The molecule has 1 aromatic heterocycles. The summed E-state index contributed by atoms with van der Waals surface area (Å²) in [4.78, 5) is 38.2. The summed E-state index contributed by atoms with van der Waals surface area (Å²) < 4.78 is 12.9. The molecule has 29 heavy (non-hydrogen) atoms. The highest BCUT2D eigenvalue weighted by Crippen LogP contribution is 2.30. The molecule has 9 heteroatoms. The molecule has 0 aliphatic carbocycles. The number of rotatable bonds is 6. The van der Waals surface area contributed by atoms with Crippen LogP contribution < -0.4 is 26.0 Å². The van der Waals surface area contributed by atoms with Crippen LogP contribution in [0.5, 0.6) is 11.5 Å². The van der Waals surface area contributed by atoms with Crippen LogP contribution in [0.3, 0.4) is 0 Å². The zero-order valence-corrected chi connectivity index (χ0v) is 16.9. The third-order valence-electron chi connectivity index (χ3n) is 4.46. The SMILES string of the molecule is CCn1c(=O)c2cc(OC)c(OC)cc2n(CC(=O)Nc2cccc(Cl)c2)c1=O. The first kappa shape index (κ1) is 20.5. The van der Waals surface area contributed by atoms with Crippen molar-refractivity contribution in [2.45, 2.75) is 20.0 Å². The highest BCUT2D eigenvalue weighted by Gasteiger charge is 2.18. The van der Waals surface area contributed by atoms with Gasteiger partial charge in [-0.25, -0.2) is 4.79 Å². The van der Waals surface area contributed by atoms with Crippen LogP contribution in [0.25, 0.3) is 10.9 Å². The third-order valence-corrected chi connectivity index (χ3v) is 4.69. The van der Waals surface area contributed by atoms with E-state index in [2.05, 4.69) is 5.32 Å². The van der Waals surface area contributed by atoms with Crippen molar-refractivity contribution in [3.63, 3.8) is 0 Å². The minimum absolute atomic E-state index is 0.165. The fourth-order valence-electron chi connectivity index (χ4n) is 3.09. The summed E-state index contributed by atoms with van der Waals surface area (Å²) in [6.45, 7) is 1.56. The Hall–Kier alpha value is -3.26. The van der Waals surface area contributed by atoms with Crippen LogP contribution in [-0.4, -0.2) is 29.3 Å². The molecule has 1 N–H and O–H groups in total. The van der Waals surface area contributed by atoms with E-state index in [4.69, 9.17) is 21.1 Å². The van der Waals surface area contributed by atoms with Gasteiger partial charge in [0.25, 0.3) is 5.56 Å². The average Bonchev–Trinajstić information content (AvgIpc) is 2.70. The lowest BCUT2D eigenvalue weighted by atomic mass is 10.2. The minimum atomic E-state index is -0.585. The van der Waals surface area contributed by atoms with Gasteiger partial charge in [0.15, 0.2) is 11.5 Å². The summed E-state index contributed by atoms with van der Waals surface area (Å²) in [7, 11) is 2.90. The molecular formula is C20H20ClN3O5. The first-order valence-electron chi connectivity index (χ1n) is 8.84. The molecule has 0 atom stereocenters. The fraction of sp³-hybridized carbons (Fsp3) is 0.250. The summed E-state index contributed by atoms with van der Waals surface area (Å²) in [6, 6.07) is 9.70. The largest absolute Gasteiger partial charge is 0.493 e. The van der Waals surface area contributed by atoms with Crippen LogP contribution in [-0.2, 0) is 17.9 Å². The number of carbonyl (C=O) groups excluding carboxylic acids is 1. The Morgan fingerprint density at radius 2 is 1.76 bits per heavy atom. The highest BCUT2D eigenvalue weighted by atomic mass is 35.5. The lowest BCUT2D eigenvalue weighted by Crippen LogP contribution is -2.41. The number of anilines is 1. The maximum Gasteiger partial charge on any atom is 0.331 e. The van der Waals surface area contributed by atoms with Gasteiger partial charge in [0, 0.05) is 23.3 Å². The lowest BCUT2D eigenvalue weighted by Gasteiger charge is -2.15. The number of nitrogens with zero attached hydrogens (tertiary/aromatic N) is 2. The number of halogens is 1. The van der Waals surface area contributed by atoms with Crippen molar-refractivity contribution in [1.82, 2.24) is 9.13 Å². The number of amides is 1.